The number of hydrogen-bond acceptors (Lipinski definition) is 3. The highest BCUT2D eigenvalue weighted by Crippen LogP contribution is 2.27. The first-order valence-corrected chi connectivity index (χ1v) is 8.78. The van der Waals surface area contributed by atoms with Gasteiger partial charge in [-0.1, -0.05) is 35.3 Å². The summed E-state index contributed by atoms with van der Waals surface area (Å²) in [6.45, 7) is 1.85. The van der Waals surface area contributed by atoms with Gasteiger partial charge >= 0.3 is 0 Å². The summed E-state index contributed by atoms with van der Waals surface area (Å²) in [5.41, 5.74) is 1.59. The van der Waals surface area contributed by atoms with Gasteiger partial charge in [0.25, 0.3) is 0 Å². The summed E-state index contributed by atoms with van der Waals surface area (Å²) in [7, 11) is 1.52. The van der Waals surface area contributed by atoms with Crippen molar-refractivity contribution in [3.8, 4) is 5.75 Å². The van der Waals surface area contributed by atoms with Gasteiger partial charge in [-0.15, -0.1) is 0 Å². The van der Waals surface area contributed by atoms with E-state index in [-0.39, 0.29) is 18.4 Å². The van der Waals surface area contributed by atoms with Gasteiger partial charge in [0.1, 0.15) is 5.75 Å². The van der Waals surface area contributed by atoms with Crippen molar-refractivity contribution >= 4 is 40.7 Å². The third kappa shape index (κ3) is 5.93. The van der Waals surface area contributed by atoms with Crippen LogP contribution in [0.15, 0.2) is 42.5 Å². The number of benzene rings is 2. The number of amides is 2. The molecule has 2 aromatic carbocycles. The molecule has 7 heteroatoms. The van der Waals surface area contributed by atoms with Crippen LogP contribution in [0.25, 0.3) is 0 Å². The van der Waals surface area contributed by atoms with Crippen molar-refractivity contribution in [3.05, 3.63) is 58.1 Å². The van der Waals surface area contributed by atoms with Crippen molar-refractivity contribution in [2.45, 2.75) is 13.3 Å². The average Bonchev–Trinajstić information content (AvgIpc) is 2.60. The Morgan fingerprint density at radius 2 is 1.81 bits per heavy atom. The third-order valence-corrected chi connectivity index (χ3v) is 4.35. The minimum Gasteiger partial charge on any atom is -0.495 e. The Bertz CT molecular complexity index is 779. The predicted molar refractivity (Wildman–Crippen MR) is 104 cm³/mol. The Morgan fingerprint density at radius 1 is 1.12 bits per heavy atom. The fourth-order valence-corrected chi connectivity index (χ4v) is 2.76. The minimum absolute atomic E-state index is 0.0351. The lowest BCUT2D eigenvalue weighted by Crippen LogP contribution is -2.38. The molecule has 1 N–H and O–H groups in total. The van der Waals surface area contributed by atoms with Gasteiger partial charge < -0.3 is 15.0 Å². The number of rotatable bonds is 7. The van der Waals surface area contributed by atoms with Crippen LogP contribution in [-0.2, 0) is 16.0 Å². The molecule has 2 rings (SSSR count). The molecule has 0 atom stereocenters. The first-order chi connectivity index (χ1) is 12.4. The van der Waals surface area contributed by atoms with E-state index in [1.165, 1.54) is 18.9 Å². The van der Waals surface area contributed by atoms with Gasteiger partial charge in [0.2, 0.25) is 11.8 Å². The molecular weight excluding hydrogens is 375 g/mol. The molecule has 0 fully saturated rings. The van der Waals surface area contributed by atoms with Crippen molar-refractivity contribution in [3.63, 3.8) is 0 Å². The van der Waals surface area contributed by atoms with Crippen molar-refractivity contribution in [1.29, 1.82) is 0 Å². The molecule has 0 unspecified atom stereocenters. The summed E-state index contributed by atoms with van der Waals surface area (Å²) in [5, 5.41) is 3.80. The van der Waals surface area contributed by atoms with Crippen molar-refractivity contribution < 1.29 is 14.3 Å². The molecule has 0 aliphatic heterocycles. The van der Waals surface area contributed by atoms with E-state index in [4.69, 9.17) is 27.9 Å². The zero-order valence-corrected chi connectivity index (χ0v) is 16.1. The number of anilines is 1. The number of nitrogens with one attached hydrogen (secondary N) is 1. The average molecular weight is 395 g/mol. The Kier molecular flexibility index (Phi) is 7.30. The second-order valence-corrected chi connectivity index (χ2v) is 6.56. The van der Waals surface area contributed by atoms with E-state index in [0.29, 0.717) is 34.4 Å². The van der Waals surface area contributed by atoms with E-state index in [9.17, 15) is 9.59 Å². The quantitative estimate of drug-likeness (QED) is 0.770. The number of hydrogen-bond donors (Lipinski definition) is 1. The Labute approximate surface area is 162 Å². The minimum atomic E-state index is -0.294. The molecule has 0 spiro atoms. The van der Waals surface area contributed by atoms with Crippen LogP contribution in [0.1, 0.15) is 12.5 Å². The van der Waals surface area contributed by atoms with Crippen LogP contribution >= 0.6 is 23.2 Å². The maximum Gasteiger partial charge on any atom is 0.243 e. The molecule has 0 bridgehead atoms. The normalized spacial score (nSPS) is 10.3. The van der Waals surface area contributed by atoms with Crippen molar-refractivity contribution in [2.75, 3.05) is 25.5 Å². The third-order valence-electron chi connectivity index (χ3n) is 3.80. The van der Waals surface area contributed by atoms with Crippen LogP contribution in [0, 0.1) is 0 Å². The molecule has 0 radical (unpaired) electrons. The van der Waals surface area contributed by atoms with Crippen molar-refractivity contribution in [1.82, 2.24) is 4.90 Å². The molecule has 2 amide bonds. The second kappa shape index (κ2) is 9.46. The fraction of sp³-hybridized carbons (Fsp3) is 0.263. The first kappa shape index (κ1) is 20.1. The van der Waals surface area contributed by atoms with E-state index < -0.39 is 0 Å². The zero-order chi connectivity index (χ0) is 19.1. The fourth-order valence-electron chi connectivity index (χ4n) is 2.38. The molecule has 0 aromatic heterocycles. The van der Waals surface area contributed by atoms with Crippen LogP contribution in [0.4, 0.5) is 5.69 Å². The van der Waals surface area contributed by atoms with Crippen molar-refractivity contribution in [2.24, 2.45) is 0 Å². The molecule has 26 heavy (non-hydrogen) atoms. The first-order valence-electron chi connectivity index (χ1n) is 8.02. The predicted octanol–water partition coefficient (Wildman–Crippen LogP) is 4.03. The van der Waals surface area contributed by atoms with Crippen LogP contribution in [0.5, 0.6) is 5.75 Å². The number of methoxy groups -OCH3 is 1. The lowest BCUT2D eigenvalue weighted by Gasteiger charge is -2.20. The van der Waals surface area contributed by atoms with Gasteiger partial charge in [-0.25, -0.2) is 0 Å². The standard InChI is InChI=1S/C19H20Cl2N2O3/c1-13(24)23(10-9-14-3-5-15(20)6-4-14)12-19(25)22-16-7-8-18(26-2)17(21)11-16/h3-8,11H,9-10,12H2,1-2H3,(H,22,25). The highest BCUT2D eigenvalue weighted by molar-refractivity contribution is 6.32. The highest BCUT2D eigenvalue weighted by atomic mass is 35.5. The van der Waals surface area contributed by atoms with Crippen LogP contribution < -0.4 is 10.1 Å². The van der Waals surface area contributed by atoms with Crippen LogP contribution in [0.3, 0.4) is 0 Å². The lowest BCUT2D eigenvalue weighted by atomic mass is 10.1. The topological polar surface area (TPSA) is 58.6 Å². The van der Waals surface area contributed by atoms with E-state index in [1.807, 2.05) is 12.1 Å². The van der Waals surface area contributed by atoms with Gasteiger partial charge in [0.05, 0.1) is 18.7 Å². The van der Waals surface area contributed by atoms with E-state index in [1.54, 1.807) is 30.3 Å². The molecule has 0 heterocycles. The van der Waals surface area contributed by atoms with Gasteiger partial charge in [-0.05, 0) is 42.3 Å². The highest BCUT2D eigenvalue weighted by Gasteiger charge is 2.14. The van der Waals surface area contributed by atoms with Gasteiger partial charge in [0.15, 0.2) is 0 Å². The summed E-state index contributed by atoms with van der Waals surface area (Å²) in [6, 6.07) is 12.4. The second-order valence-electron chi connectivity index (χ2n) is 5.71. The monoisotopic (exact) mass is 394 g/mol. The maximum absolute atomic E-state index is 12.3. The summed E-state index contributed by atoms with van der Waals surface area (Å²) in [4.78, 5) is 25.6. The van der Waals surface area contributed by atoms with Gasteiger partial charge in [-0.3, -0.25) is 9.59 Å². The summed E-state index contributed by atoms with van der Waals surface area (Å²) in [6.07, 6.45) is 0.637. The molecular formula is C19H20Cl2N2O3. The molecule has 0 saturated heterocycles. The van der Waals surface area contributed by atoms with Gasteiger partial charge in [0, 0.05) is 24.2 Å². The van der Waals surface area contributed by atoms with Crippen LogP contribution in [-0.4, -0.2) is 36.9 Å². The molecule has 0 saturated carbocycles. The zero-order valence-electron chi connectivity index (χ0n) is 14.6. The van der Waals surface area contributed by atoms with E-state index >= 15 is 0 Å². The summed E-state index contributed by atoms with van der Waals surface area (Å²) in [5.74, 6) is 0.0670. The molecule has 2 aromatic rings. The largest absolute Gasteiger partial charge is 0.495 e. The Hall–Kier alpha value is -2.24. The van der Waals surface area contributed by atoms with Crippen LogP contribution in [0.2, 0.25) is 10.0 Å². The molecule has 0 aliphatic carbocycles. The summed E-state index contributed by atoms with van der Waals surface area (Å²) < 4.78 is 5.08. The molecule has 5 nitrogen and oxygen atoms in total. The molecule has 138 valence electrons. The number of carbonyl (C=O) groups is 2. The number of nitrogens with zero attached hydrogens (tertiary/aromatic N) is 1. The van der Waals surface area contributed by atoms with E-state index in [2.05, 4.69) is 5.32 Å². The van der Waals surface area contributed by atoms with Gasteiger partial charge in [-0.2, -0.15) is 0 Å². The SMILES string of the molecule is COc1ccc(NC(=O)CN(CCc2ccc(Cl)cc2)C(C)=O)cc1Cl. The smallest absolute Gasteiger partial charge is 0.243 e. The summed E-state index contributed by atoms with van der Waals surface area (Å²) >= 11 is 11.9. The number of carbonyl (C=O) groups excluding carboxylic acids is 2. The number of halogens is 2. The Balaban J connectivity index is 1.93. The number of ether oxygens (including phenoxy) is 1. The molecule has 0 aliphatic rings. The van der Waals surface area contributed by atoms with E-state index in [0.717, 1.165) is 5.56 Å². The maximum atomic E-state index is 12.3. The Morgan fingerprint density at radius 3 is 2.38 bits per heavy atom. The lowest BCUT2D eigenvalue weighted by molar-refractivity contribution is -0.132.